The quantitative estimate of drug-likeness (QED) is 0.892. The lowest BCUT2D eigenvalue weighted by atomic mass is 10.2. The van der Waals surface area contributed by atoms with E-state index in [2.05, 4.69) is 21.0 Å². The van der Waals surface area contributed by atoms with Crippen LogP contribution < -0.4 is 4.74 Å². The van der Waals surface area contributed by atoms with Crippen molar-refractivity contribution in [3.63, 3.8) is 0 Å². The zero-order chi connectivity index (χ0) is 14.7. The monoisotopic (exact) mass is 358 g/mol. The number of aliphatic hydroxyl groups excluding tert-OH is 1. The summed E-state index contributed by atoms with van der Waals surface area (Å²) in [4.78, 5) is 0. The van der Waals surface area contributed by atoms with E-state index >= 15 is 0 Å². The maximum Gasteiger partial charge on any atom is 0.120 e. The fraction of sp³-hybridized carbons (Fsp3) is 0.357. The summed E-state index contributed by atoms with van der Waals surface area (Å²) in [6, 6.07) is 7.12. The lowest BCUT2D eigenvalue weighted by Crippen LogP contribution is -2.21. The van der Waals surface area contributed by atoms with Gasteiger partial charge in [0.15, 0.2) is 0 Å². The number of aliphatic hydroxyl groups is 1. The second kappa shape index (κ2) is 6.61. The zero-order valence-corrected chi connectivity index (χ0v) is 13.6. The van der Waals surface area contributed by atoms with Crippen molar-refractivity contribution in [3.8, 4) is 5.75 Å². The van der Waals surface area contributed by atoms with E-state index in [-0.39, 0.29) is 6.61 Å². The Labute approximate surface area is 131 Å². The number of aryl methyl sites for hydroxylation is 2. The van der Waals surface area contributed by atoms with Gasteiger partial charge in [-0.15, -0.1) is 0 Å². The Kier molecular flexibility index (Phi) is 5.07. The number of aromatic nitrogens is 2. The van der Waals surface area contributed by atoms with Gasteiger partial charge in [-0.05, 0) is 41.1 Å². The second-order valence-electron chi connectivity index (χ2n) is 4.60. The Morgan fingerprint density at radius 2 is 2.25 bits per heavy atom. The van der Waals surface area contributed by atoms with Crippen LogP contribution in [-0.2, 0) is 13.5 Å². The molecule has 1 aromatic carbocycles. The summed E-state index contributed by atoms with van der Waals surface area (Å²) < 4.78 is 8.23. The number of hydrogen-bond donors (Lipinski definition) is 1. The van der Waals surface area contributed by atoms with E-state index in [4.69, 9.17) is 16.3 Å². The van der Waals surface area contributed by atoms with Crippen molar-refractivity contribution >= 4 is 27.5 Å². The molecule has 6 heteroatoms. The van der Waals surface area contributed by atoms with Crippen LogP contribution in [0.5, 0.6) is 5.75 Å². The molecule has 0 spiro atoms. The molecule has 0 aliphatic rings. The van der Waals surface area contributed by atoms with Gasteiger partial charge in [0.25, 0.3) is 0 Å². The molecule has 1 N–H and O–H groups in total. The summed E-state index contributed by atoms with van der Waals surface area (Å²) in [7, 11) is 1.86. The normalized spacial score (nSPS) is 12.4. The van der Waals surface area contributed by atoms with Gasteiger partial charge in [-0.25, -0.2) is 0 Å². The van der Waals surface area contributed by atoms with Crippen LogP contribution in [-0.4, -0.2) is 27.6 Å². The van der Waals surface area contributed by atoms with E-state index in [9.17, 15) is 5.11 Å². The number of rotatable bonds is 5. The van der Waals surface area contributed by atoms with Crippen molar-refractivity contribution in [2.45, 2.75) is 19.4 Å². The molecule has 0 saturated carbocycles. The Hall–Kier alpha value is -1.04. The highest BCUT2D eigenvalue weighted by Crippen LogP contribution is 2.22. The first-order chi connectivity index (χ1) is 9.47. The van der Waals surface area contributed by atoms with E-state index < -0.39 is 6.10 Å². The van der Waals surface area contributed by atoms with Gasteiger partial charge in [-0.3, -0.25) is 4.68 Å². The van der Waals surface area contributed by atoms with Crippen LogP contribution in [0.4, 0.5) is 0 Å². The Morgan fingerprint density at radius 3 is 2.85 bits per heavy atom. The van der Waals surface area contributed by atoms with Gasteiger partial charge in [-0.2, -0.15) is 5.10 Å². The largest absolute Gasteiger partial charge is 0.491 e. The molecule has 0 aliphatic heterocycles. The predicted octanol–water partition coefficient (Wildman–Crippen LogP) is 3.13. The van der Waals surface area contributed by atoms with Crippen molar-refractivity contribution in [3.05, 3.63) is 45.1 Å². The van der Waals surface area contributed by atoms with Crippen molar-refractivity contribution in [2.75, 3.05) is 6.61 Å². The summed E-state index contributed by atoms with van der Waals surface area (Å²) in [5.74, 6) is 0.650. The minimum atomic E-state index is -0.611. The highest BCUT2D eigenvalue weighted by Gasteiger charge is 2.15. The van der Waals surface area contributed by atoms with Crippen molar-refractivity contribution < 1.29 is 9.84 Å². The SMILES string of the molecule is Cc1nn(C)c(CC(O)COc2cccc(Cl)c2)c1Br. The van der Waals surface area contributed by atoms with Crippen molar-refractivity contribution in [1.29, 1.82) is 0 Å². The lowest BCUT2D eigenvalue weighted by molar-refractivity contribution is 0.106. The van der Waals surface area contributed by atoms with Gasteiger partial charge in [0.05, 0.1) is 22.0 Å². The molecule has 0 fully saturated rings. The van der Waals surface area contributed by atoms with Gasteiger partial charge < -0.3 is 9.84 Å². The van der Waals surface area contributed by atoms with Crippen LogP contribution in [0.25, 0.3) is 0 Å². The van der Waals surface area contributed by atoms with Gasteiger partial charge in [0.2, 0.25) is 0 Å². The average molecular weight is 360 g/mol. The standard InChI is InChI=1S/C14H16BrClN2O2/c1-9-14(15)13(18(2)17-9)7-11(19)8-20-12-5-3-4-10(16)6-12/h3-6,11,19H,7-8H2,1-2H3. The summed E-state index contributed by atoms with van der Waals surface area (Å²) in [5, 5.41) is 15.0. The maximum absolute atomic E-state index is 10.1. The molecule has 0 aliphatic carbocycles. The van der Waals surface area contributed by atoms with Gasteiger partial charge in [0, 0.05) is 18.5 Å². The molecule has 1 aromatic heterocycles. The molecule has 4 nitrogen and oxygen atoms in total. The zero-order valence-electron chi connectivity index (χ0n) is 11.3. The van der Waals surface area contributed by atoms with Crippen LogP contribution in [0.1, 0.15) is 11.4 Å². The molecule has 2 rings (SSSR count). The van der Waals surface area contributed by atoms with E-state index in [1.165, 1.54) is 0 Å². The van der Waals surface area contributed by atoms with E-state index in [1.807, 2.05) is 26.1 Å². The summed E-state index contributed by atoms with van der Waals surface area (Å²) >= 11 is 9.36. The molecule has 20 heavy (non-hydrogen) atoms. The molecule has 0 bridgehead atoms. The first kappa shape index (κ1) is 15.4. The summed E-state index contributed by atoms with van der Waals surface area (Å²) in [6.07, 6.45) is -0.140. The van der Waals surface area contributed by atoms with Gasteiger partial charge in [0.1, 0.15) is 12.4 Å². The van der Waals surface area contributed by atoms with Crippen LogP contribution in [0, 0.1) is 6.92 Å². The smallest absolute Gasteiger partial charge is 0.120 e. The summed E-state index contributed by atoms with van der Waals surface area (Å²) in [6.45, 7) is 2.12. The molecule has 1 heterocycles. The first-order valence-electron chi connectivity index (χ1n) is 6.21. The van der Waals surface area contributed by atoms with Crippen LogP contribution >= 0.6 is 27.5 Å². The molecule has 0 radical (unpaired) electrons. The molecule has 0 saturated heterocycles. The number of halogens is 2. The fourth-order valence-corrected chi connectivity index (χ4v) is 2.61. The average Bonchev–Trinajstić information content (AvgIpc) is 2.63. The third-order valence-electron chi connectivity index (χ3n) is 2.93. The maximum atomic E-state index is 10.1. The number of benzene rings is 1. The molecule has 0 amide bonds. The lowest BCUT2D eigenvalue weighted by Gasteiger charge is -2.13. The fourth-order valence-electron chi connectivity index (χ4n) is 1.93. The Balaban J connectivity index is 1.94. The van der Waals surface area contributed by atoms with Crippen LogP contribution in [0.3, 0.4) is 0 Å². The predicted molar refractivity (Wildman–Crippen MR) is 82.3 cm³/mol. The molecule has 1 unspecified atom stereocenters. The summed E-state index contributed by atoms with van der Waals surface area (Å²) in [5.41, 5.74) is 1.86. The number of hydrogen-bond acceptors (Lipinski definition) is 3. The van der Waals surface area contributed by atoms with Crippen molar-refractivity contribution in [1.82, 2.24) is 9.78 Å². The first-order valence-corrected chi connectivity index (χ1v) is 7.39. The second-order valence-corrected chi connectivity index (χ2v) is 5.83. The van der Waals surface area contributed by atoms with Crippen molar-refractivity contribution in [2.24, 2.45) is 7.05 Å². The van der Waals surface area contributed by atoms with Gasteiger partial charge in [-0.1, -0.05) is 17.7 Å². The van der Waals surface area contributed by atoms with Gasteiger partial charge >= 0.3 is 0 Å². The highest BCUT2D eigenvalue weighted by atomic mass is 79.9. The molecule has 2 aromatic rings. The van der Waals surface area contributed by atoms with E-state index in [0.29, 0.717) is 17.2 Å². The Morgan fingerprint density at radius 1 is 1.50 bits per heavy atom. The van der Waals surface area contributed by atoms with E-state index in [1.54, 1.807) is 16.8 Å². The minimum Gasteiger partial charge on any atom is -0.491 e. The van der Waals surface area contributed by atoms with Crippen LogP contribution in [0.15, 0.2) is 28.7 Å². The molecular weight excluding hydrogens is 344 g/mol. The minimum absolute atomic E-state index is 0.205. The third kappa shape index (κ3) is 3.75. The molecular formula is C14H16BrClN2O2. The Bertz CT molecular complexity index is 601. The molecule has 1 atom stereocenters. The number of nitrogens with zero attached hydrogens (tertiary/aromatic N) is 2. The third-order valence-corrected chi connectivity index (χ3v) is 4.20. The molecule has 108 valence electrons. The van der Waals surface area contributed by atoms with E-state index in [0.717, 1.165) is 15.9 Å². The van der Waals surface area contributed by atoms with Crippen LogP contribution in [0.2, 0.25) is 5.02 Å². The number of ether oxygens (including phenoxy) is 1. The highest BCUT2D eigenvalue weighted by molar-refractivity contribution is 9.10. The topological polar surface area (TPSA) is 47.3 Å².